The van der Waals surface area contributed by atoms with Crippen LogP contribution in [0.2, 0.25) is 0 Å². The molecule has 0 spiro atoms. The minimum absolute atomic E-state index is 0.0693. The summed E-state index contributed by atoms with van der Waals surface area (Å²) < 4.78 is 14.8. The first-order valence-corrected chi connectivity index (χ1v) is 7.32. The molecule has 1 nitrogen and oxygen atoms in total. The fraction of sp³-hybridized carbons (Fsp3) is 0.133. The topological polar surface area (TPSA) is 17.1 Å². The number of Topliss-reactive ketones (excluding diaryl/α,β-unsaturated/α-hetero) is 1. The van der Waals surface area contributed by atoms with Crippen LogP contribution in [-0.2, 0) is 17.6 Å². The van der Waals surface area contributed by atoms with Gasteiger partial charge in [-0.3, -0.25) is 4.79 Å². The predicted molar refractivity (Wildman–Crippen MR) is 80.7 cm³/mol. The SMILES string of the molecule is O=C(Cc1ccc(Br)cc1)Cc1cc(F)cc(Br)c1. The lowest BCUT2D eigenvalue weighted by molar-refractivity contribution is -0.117. The second-order valence-electron chi connectivity index (χ2n) is 4.30. The van der Waals surface area contributed by atoms with E-state index in [9.17, 15) is 9.18 Å². The van der Waals surface area contributed by atoms with E-state index < -0.39 is 0 Å². The van der Waals surface area contributed by atoms with Crippen molar-refractivity contribution >= 4 is 37.6 Å². The van der Waals surface area contributed by atoms with Gasteiger partial charge in [-0.1, -0.05) is 44.0 Å². The summed E-state index contributed by atoms with van der Waals surface area (Å²) in [6.45, 7) is 0. The van der Waals surface area contributed by atoms with Crippen molar-refractivity contribution in [3.05, 3.63) is 68.4 Å². The predicted octanol–water partition coefficient (Wildman–Crippen LogP) is 4.71. The zero-order valence-electron chi connectivity index (χ0n) is 10.00. The molecule has 19 heavy (non-hydrogen) atoms. The van der Waals surface area contributed by atoms with Crippen LogP contribution >= 0.6 is 31.9 Å². The smallest absolute Gasteiger partial charge is 0.141 e. The van der Waals surface area contributed by atoms with Crippen molar-refractivity contribution in [1.82, 2.24) is 0 Å². The van der Waals surface area contributed by atoms with Crippen molar-refractivity contribution in [2.45, 2.75) is 12.8 Å². The monoisotopic (exact) mass is 384 g/mol. The van der Waals surface area contributed by atoms with Crippen LogP contribution in [0.15, 0.2) is 51.4 Å². The Hall–Kier alpha value is -1.00. The van der Waals surface area contributed by atoms with E-state index in [-0.39, 0.29) is 18.0 Å². The highest BCUT2D eigenvalue weighted by Crippen LogP contribution is 2.16. The number of hydrogen-bond donors (Lipinski definition) is 0. The van der Waals surface area contributed by atoms with E-state index in [1.807, 2.05) is 24.3 Å². The molecule has 0 saturated carbocycles. The molecule has 0 saturated heterocycles. The molecule has 0 heterocycles. The molecule has 0 amide bonds. The molecule has 0 aromatic heterocycles. The molecule has 0 fully saturated rings. The molecule has 4 heteroatoms. The Labute approximate surface area is 128 Å². The van der Waals surface area contributed by atoms with E-state index in [0.717, 1.165) is 10.0 Å². The molecule has 0 atom stereocenters. The van der Waals surface area contributed by atoms with Crippen molar-refractivity contribution in [3.8, 4) is 0 Å². The van der Waals surface area contributed by atoms with Crippen molar-refractivity contribution in [2.75, 3.05) is 0 Å². The van der Waals surface area contributed by atoms with Crippen LogP contribution in [0.3, 0.4) is 0 Å². The lowest BCUT2D eigenvalue weighted by Crippen LogP contribution is -2.06. The largest absolute Gasteiger partial charge is 0.299 e. The highest BCUT2D eigenvalue weighted by atomic mass is 79.9. The molecule has 2 rings (SSSR count). The van der Waals surface area contributed by atoms with Crippen LogP contribution in [0, 0.1) is 5.82 Å². The average molecular weight is 386 g/mol. The second-order valence-corrected chi connectivity index (χ2v) is 6.13. The van der Waals surface area contributed by atoms with E-state index in [4.69, 9.17) is 0 Å². The van der Waals surface area contributed by atoms with Gasteiger partial charge in [0.25, 0.3) is 0 Å². The molecular formula is C15H11Br2FO. The first kappa shape index (κ1) is 14.4. The number of halogens is 3. The summed E-state index contributed by atoms with van der Waals surface area (Å²) in [5, 5.41) is 0. The lowest BCUT2D eigenvalue weighted by Gasteiger charge is -2.03. The van der Waals surface area contributed by atoms with Gasteiger partial charge in [0.1, 0.15) is 11.6 Å². The number of hydrogen-bond acceptors (Lipinski definition) is 1. The Bertz CT molecular complexity index is 573. The third-order valence-corrected chi connectivity index (χ3v) is 3.62. The summed E-state index contributed by atoms with van der Waals surface area (Å²) in [5.74, 6) is -0.263. The van der Waals surface area contributed by atoms with Crippen LogP contribution in [0.25, 0.3) is 0 Å². The van der Waals surface area contributed by atoms with Gasteiger partial charge in [-0.2, -0.15) is 0 Å². The molecule has 0 radical (unpaired) electrons. The van der Waals surface area contributed by atoms with E-state index in [2.05, 4.69) is 31.9 Å². The summed E-state index contributed by atoms with van der Waals surface area (Å²) >= 11 is 6.57. The third kappa shape index (κ3) is 4.55. The quantitative estimate of drug-likeness (QED) is 0.745. The molecule has 0 N–H and O–H groups in total. The van der Waals surface area contributed by atoms with Crippen LogP contribution in [0.5, 0.6) is 0 Å². The zero-order valence-corrected chi connectivity index (χ0v) is 13.2. The first-order chi connectivity index (χ1) is 9.02. The molecule has 0 bridgehead atoms. The first-order valence-electron chi connectivity index (χ1n) is 5.74. The third-order valence-electron chi connectivity index (χ3n) is 2.64. The molecule has 98 valence electrons. The van der Waals surface area contributed by atoms with Crippen LogP contribution in [-0.4, -0.2) is 5.78 Å². The van der Waals surface area contributed by atoms with Crippen molar-refractivity contribution in [1.29, 1.82) is 0 Å². The van der Waals surface area contributed by atoms with Crippen LogP contribution in [0.1, 0.15) is 11.1 Å². The van der Waals surface area contributed by atoms with Crippen LogP contribution in [0.4, 0.5) is 4.39 Å². The summed E-state index contributed by atoms with van der Waals surface area (Å²) in [4.78, 5) is 11.9. The number of benzene rings is 2. The van der Waals surface area contributed by atoms with Gasteiger partial charge in [0.05, 0.1) is 0 Å². The van der Waals surface area contributed by atoms with Crippen molar-refractivity contribution in [2.24, 2.45) is 0 Å². The van der Waals surface area contributed by atoms with E-state index >= 15 is 0 Å². The molecule has 2 aromatic rings. The van der Waals surface area contributed by atoms with Gasteiger partial charge in [-0.15, -0.1) is 0 Å². The Morgan fingerprint density at radius 1 is 0.895 bits per heavy atom. The molecule has 0 aliphatic carbocycles. The van der Waals surface area contributed by atoms with E-state index in [1.165, 1.54) is 12.1 Å². The van der Waals surface area contributed by atoms with Gasteiger partial charge in [0.15, 0.2) is 0 Å². The normalized spacial score (nSPS) is 10.5. The maximum Gasteiger partial charge on any atom is 0.141 e. The number of ketones is 1. The van der Waals surface area contributed by atoms with Gasteiger partial charge < -0.3 is 0 Å². The zero-order chi connectivity index (χ0) is 13.8. The van der Waals surface area contributed by atoms with Gasteiger partial charge in [0.2, 0.25) is 0 Å². The fourth-order valence-electron chi connectivity index (χ4n) is 1.83. The van der Waals surface area contributed by atoms with E-state index in [1.54, 1.807) is 6.07 Å². The Balaban J connectivity index is 2.03. The summed E-state index contributed by atoms with van der Waals surface area (Å²) in [6, 6.07) is 12.2. The van der Waals surface area contributed by atoms with Crippen molar-refractivity contribution < 1.29 is 9.18 Å². The maximum absolute atomic E-state index is 13.2. The van der Waals surface area contributed by atoms with Crippen LogP contribution < -0.4 is 0 Å². The Morgan fingerprint density at radius 2 is 1.53 bits per heavy atom. The average Bonchev–Trinajstić information content (AvgIpc) is 2.30. The second kappa shape index (κ2) is 6.44. The highest BCUT2D eigenvalue weighted by Gasteiger charge is 2.07. The van der Waals surface area contributed by atoms with Crippen molar-refractivity contribution in [3.63, 3.8) is 0 Å². The van der Waals surface area contributed by atoms with Gasteiger partial charge in [-0.25, -0.2) is 4.39 Å². The highest BCUT2D eigenvalue weighted by molar-refractivity contribution is 9.10. The molecule has 0 aliphatic rings. The Morgan fingerprint density at radius 3 is 2.16 bits per heavy atom. The minimum atomic E-state index is -0.333. The summed E-state index contributed by atoms with van der Waals surface area (Å²) in [5.41, 5.74) is 1.65. The molecule has 0 unspecified atom stereocenters. The standard InChI is InChI=1S/C15H11Br2FO/c16-12-3-1-10(2-4-12)7-15(19)8-11-5-13(17)9-14(18)6-11/h1-6,9H,7-8H2. The van der Waals surface area contributed by atoms with Gasteiger partial charge >= 0.3 is 0 Å². The van der Waals surface area contributed by atoms with Gasteiger partial charge in [-0.05, 0) is 41.5 Å². The van der Waals surface area contributed by atoms with Gasteiger partial charge in [0, 0.05) is 21.8 Å². The number of rotatable bonds is 4. The molecular weight excluding hydrogens is 375 g/mol. The lowest BCUT2D eigenvalue weighted by atomic mass is 10.0. The summed E-state index contributed by atoms with van der Waals surface area (Å²) in [6.07, 6.45) is 0.605. The number of carbonyl (C=O) groups excluding carboxylic acids is 1. The summed E-state index contributed by atoms with van der Waals surface area (Å²) in [7, 11) is 0. The molecule has 0 aliphatic heterocycles. The van der Waals surface area contributed by atoms with E-state index in [0.29, 0.717) is 16.5 Å². The fourth-order valence-corrected chi connectivity index (χ4v) is 2.61. The maximum atomic E-state index is 13.2. The molecule has 2 aromatic carbocycles. The number of carbonyl (C=O) groups is 1. The Kier molecular flexibility index (Phi) is 4.88. The minimum Gasteiger partial charge on any atom is -0.299 e.